The van der Waals surface area contributed by atoms with Gasteiger partial charge in [0.25, 0.3) is 0 Å². The molecule has 0 saturated heterocycles. The van der Waals surface area contributed by atoms with Crippen molar-refractivity contribution in [1.29, 1.82) is 0 Å². The molecule has 0 fully saturated rings. The van der Waals surface area contributed by atoms with E-state index in [1.165, 1.54) is 0 Å². The highest BCUT2D eigenvalue weighted by Gasteiger charge is 2.20. The zero-order valence-electron chi connectivity index (χ0n) is 11.1. The van der Waals surface area contributed by atoms with Gasteiger partial charge in [0.15, 0.2) is 0 Å². The molecule has 0 aromatic rings. The molecule has 0 aliphatic carbocycles. The molecule has 0 aliphatic heterocycles. The second-order valence-corrected chi connectivity index (χ2v) is 4.94. The Bertz CT molecular complexity index is 389. The third-order valence-corrected chi connectivity index (χ3v) is 3.29. The fourth-order valence-corrected chi connectivity index (χ4v) is 1.89. The summed E-state index contributed by atoms with van der Waals surface area (Å²) in [6.45, 7) is -0.517. The Hall–Kier alpha value is -1.94. The van der Waals surface area contributed by atoms with E-state index in [0.29, 0.717) is 16.3 Å². The molecule has 2 unspecified atom stereocenters. The Morgan fingerprint density at radius 1 is 1.20 bits per heavy atom. The number of amides is 2. The quantitative estimate of drug-likeness (QED) is 0.278. The minimum absolute atomic E-state index is 0.0359. The number of hydrogen-bond donors (Lipinski definition) is 5. The van der Waals surface area contributed by atoms with Crippen LogP contribution < -0.4 is 16.4 Å². The van der Waals surface area contributed by atoms with Gasteiger partial charge in [-0.1, -0.05) is 0 Å². The van der Waals surface area contributed by atoms with Crippen molar-refractivity contribution in [3.05, 3.63) is 0 Å². The summed E-state index contributed by atoms with van der Waals surface area (Å²) < 4.78 is 0. The van der Waals surface area contributed by atoms with Crippen LogP contribution in [0.3, 0.4) is 0 Å². The van der Waals surface area contributed by atoms with Gasteiger partial charge in [-0.2, -0.15) is 0 Å². The van der Waals surface area contributed by atoms with E-state index < -0.39 is 42.4 Å². The van der Waals surface area contributed by atoms with E-state index in [1.54, 1.807) is 0 Å². The first kappa shape index (κ1) is 18.1. The highest BCUT2D eigenvalue weighted by molar-refractivity contribution is 6.11. The van der Waals surface area contributed by atoms with Crippen LogP contribution in [0.1, 0.15) is 12.8 Å². The summed E-state index contributed by atoms with van der Waals surface area (Å²) in [5.74, 6) is -3.44. The van der Waals surface area contributed by atoms with Crippen molar-refractivity contribution in [3.8, 4) is 0 Å². The van der Waals surface area contributed by atoms with Crippen molar-refractivity contribution >= 4 is 34.0 Å². The van der Waals surface area contributed by atoms with E-state index >= 15 is 0 Å². The number of carbonyl (C=O) groups is 4. The molecule has 6 N–H and O–H groups in total. The maximum atomic E-state index is 11.6. The molecule has 9 nitrogen and oxygen atoms in total. The molecule has 0 bridgehead atoms. The monoisotopic (exact) mass is 305 g/mol. The van der Waals surface area contributed by atoms with Crippen molar-refractivity contribution in [2.24, 2.45) is 5.73 Å². The number of aliphatic carboxylic acids is 2. The van der Waals surface area contributed by atoms with Gasteiger partial charge in [-0.3, -0.25) is 19.2 Å². The van der Waals surface area contributed by atoms with Crippen LogP contribution in [0, 0.1) is 0 Å². The minimum Gasteiger partial charge on any atom is -0.480 e. The second-order valence-electron chi connectivity index (χ2n) is 4.12. The van der Waals surface area contributed by atoms with Gasteiger partial charge in [0, 0.05) is 16.7 Å². The lowest BCUT2D eigenvalue weighted by Crippen LogP contribution is -2.47. The Morgan fingerprint density at radius 2 is 1.80 bits per heavy atom. The zero-order chi connectivity index (χ0) is 15.7. The first-order chi connectivity index (χ1) is 9.27. The predicted octanol–water partition coefficient (Wildman–Crippen LogP) is -3.35. The van der Waals surface area contributed by atoms with Crippen LogP contribution >= 0.6 is 0 Å². The number of carbonyl (C=O) groups excluding carboxylic acids is 2. The van der Waals surface area contributed by atoms with E-state index in [-0.39, 0.29) is 12.8 Å². The summed E-state index contributed by atoms with van der Waals surface area (Å²) in [7, 11) is 0.635. The molecular formula is C10H19N3O6Si. The van der Waals surface area contributed by atoms with Gasteiger partial charge in [0.2, 0.25) is 11.8 Å². The summed E-state index contributed by atoms with van der Waals surface area (Å²) in [5.41, 5.74) is 5.25. The summed E-state index contributed by atoms with van der Waals surface area (Å²) in [6.07, 6.45) is -0.149. The van der Waals surface area contributed by atoms with Crippen molar-refractivity contribution in [2.45, 2.75) is 31.0 Å². The van der Waals surface area contributed by atoms with Crippen LogP contribution in [0.2, 0.25) is 6.04 Å². The molecule has 0 rings (SSSR count). The van der Waals surface area contributed by atoms with Gasteiger partial charge in [-0.25, -0.2) is 0 Å². The largest absolute Gasteiger partial charge is 0.480 e. The molecule has 0 aliphatic rings. The van der Waals surface area contributed by atoms with Crippen LogP contribution in [-0.2, 0) is 19.2 Å². The summed E-state index contributed by atoms with van der Waals surface area (Å²) in [4.78, 5) is 43.9. The number of carboxylic acid groups (broad SMARTS) is 2. The lowest BCUT2D eigenvalue weighted by molar-refractivity contribution is -0.139. The van der Waals surface area contributed by atoms with Gasteiger partial charge < -0.3 is 26.6 Å². The first-order valence-electron chi connectivity index (χ1n) is 6.05. The van der Waals surface area contributed by atoms with Gasteiger partial charge >= 0.3 is 11.9 Å². The van der Waals surface area contributed by atoms with Gasteiger partial charge in [0.1, 0.15) is 18.6 Å². The van der Waals surface area contributed by atoms with Crippen LogP contribution in [-0.4, -0.2) is 62.8 Å². The van der Waals surface area contributed by atoms with Crippen LogP contribution in [0.15, 0.2) is 0 Å². The highest BCUT2D eigenvalue weighted by Crippen LogP contribution is 1.97. The van der Waals surface area contributed by atoms with Gasteiger partial charge in [-0.05, 0) is 12.5 Å². The van der Waals surface area contributed by atoms with E-state index in [2.05, 4.69) is 10.6 Å². The highest BCUT2D eigenvalue weighted by atomic mass is 28.1. The second kappa shape index (κ2) is 9.04. The van der Waals surface area contributed by atoms with E-state index in [0.717, 1.165) is 0 Å². The average molecular weight is 305 g/mol. The van der Waals surface area contributed by atoms with Gasteiger partial charge in [0.05, 0.1) is 0 Å². The lowest BCUT2D eigenvalue weighted by atomic mass is 10.1. The fraction of sp³-hybridized carbons (Fsp3) is 0.600. The molecule has 20 heavy (non-hydrogen) atoms. The molecule has 0 spiro atoms. The molecule has 114 valence electrons. The fourth-order valence-electron chi connectivity index (χ4n) is 1.32. The standard InChI is InChI=1S/C10H19N3O6Si/c11-5(10(18)19)1-2-7(14)13-6(4-20)9(17)12-3-8(15)16/h5-6H,1-4,11H2,20H3,(H,12,17)(H,13,14)(H,15,16)(H,18,19). The van der Waals surface area contributed by atoms with Gasteiger partial charge in [-0.15, -0.1) is 0 Å². The summed E-state index contributed by atoms with van der Waals surface area (Å²) >= 11 is 0. The third-order valence-electron chi connectivity index (χ3n) is 2.47. The lowest BCUT2D eigenvalue weighted by Gasteiger charge is -2.16. The molecule has 2 amide bonds. The zero-order valence-corrected chi connectivity index (χ0v) is 13.1. The van der Waals surface area contributed by atoms with Crippen LogP contribution in [0.25, 0.3) is 0 Å². The molecule has 0 aromatic carbocycles. The number of nitrogens with two attached hydrogens (primary N) is 1. The maximum absolute atomic E-state index is 11.6. The van der Waals surface area contributed by atoms with Crippen molar-refractivity contribution in [3.63, 3.8) is 0 Å². The molecule has 0 radical (unpaired) electrons. The first-order valence-corrected chi connectivity index (χ1v) is 7.46. The molecule has 10 heteroatoms. The molecular weight excluding hydrogens is 286 g/mol. The summed E-state index contributed by atoms with van der Waals surface area (Å²) in [6, 6.07) is -1.51. The number of hydrogen-bond acceptors (Lipinski definition) is 5. The number of nitrogens with one attached hydrogen (secondary N) is 2. The molecule has 0 heterocycles. The van der Waals surface area contributed by atoms with Crippen LogP contribution in [0.5, 0.6) is 0 Å². The van der Waals surface area contributed by atoms with E-state index in [9.17, 15) is 19.2 Å². The minimum atomic E-state index is -1.20. The molecule has 0 aromatic heterocycles. The smallest absolute Gasteiger partial charge is 0.322 e. The summed E-state index contributed by atoms with van der Waals surface area (Å²) in [5, 5.41) is 21.6. The van der Waals surface area contributed by atoms with Crippen LogP contribution in [0.4, 0.5) is 0 Å². The Balaban J connectivity index is 4.21. The van der Waals surface area contributed by atoms with Crippen molar-refractivity contribution in [1.82, 2.24) is 10.6 Å². The number of carboxylic acids is 2. The van der Waals surface area contributed by atoms with E-state index in [4.69, 9.17) is 15.9 Å². The SMILES string of the molecule is NC(CCC(=O)NC(C[SiH3])C(=O)NCC(=O)O)C(=O)O. The third kappa shape index (κ3) is 7.48. The normalized spacial score (nSPS) is 13.2. The topological polar surface area (TPSA) is 159 Å². The predicted molar refractivity (Wildman–Crippen MR) is 72.2 cm³/mol. The Kier molecular flexibility index (Phi) is 8.16. The Morgan fingerprint density at radius 3 is 2.25 bits per heavy atom. The Labute approximate surface area is 118 Å². The average Bonchev–Trinajstić information content (AvgIpc) is 2.38. The number of rotatable bonds is 9. The molecule has 2 atom stereocenters. The maximum Gasteiger partial charge on any atom is 0.322 e. The van der Waals surface area contributed by atoms with E-state index in [1.807, 2.05) is 0 Å². The van der Waals surface area contributed by atoms with Crippen molar-refractivity contribution in [2.75, 3.05) is 6.54 Å². The molecule has 0 saturated carbocycles. The van der Waals surface area contributed by atoms with Crippen molar-refractivity contribution < 1.29 is 29.4 Å².